The second-order valence-electron chi connectivity index (χ2n) is 9.45. The third-order valence-corrected chi connectivity index (χ3v) is 8.60. The molecule has 0 radical (unpaired) electrons. The summed E-state index contributed by atoms with van der Waals surface area (Å²) in [6.07, 6.45) is 0.841. The Hall–Kier alpha value is -3.57. The number of fused-ring (bicyclic) bond motifs is 3. The molecule has 1 fully saturated rings. The fraction of sp³-hybridized carbons (Fsp3) is 0.308. The number of anilines is 1. The summed E-state index contributed by atoms with van der Waals surface area (Å²) in [6.45, 7) is 1.59. The van der Waals surface area contributed by atoms with Crippen molar-refractivity contribution in [1.29, 1.82) is 0 Å². The Morgan fingerprint density at radius 3 is 2.78 bits per heavy atom. The lowest BCUT2D eigenvalue weighted by atomic mass is 9.93. The zero-order chi connectivity index (χ0) is 25.4. The molecular weight excluding hydrogens is 502 g/mol. The summed E-state index contributed by atoms with van der Waals surface area (Å²) in [5.41, 5.74) is 1.77. The van der Waals surface area contributed by atoms with Gasteiger partial charge in [0, 0.05) is 53.7 Å². The number of hydrogen-bond donors (Lipinski definition) is 1. The van der Waals surface area contributed by atoms with Crippen LogP contribution < -0.4 is 15.3 Å². The molecule has 2 aromatic carbocycles. The van der Waals surface area contributed by atoms with Crippen LogP contribution in [0.2, 0.25) is 0 Å². The maximum Gasteiger partial charge on any atom is 0.278 e. The molecule has 1 amide bonds. The number of hydrogen-bond acceptors (Lipinski definition) is 7. The quantitative estimate of drug-likeness (QED) is 0.525. The van der Waals surface area contributed by atoms with Crippen molar-refractivity contribution in [3.8, 4) is 5.75 Å². The van der Waals surface area contributed by atoms with Gasteiger partial charge >= 0.3 is 0 Å². The van der Waals surface area contributed by atoms with E-state index in [-0.39, 0.29) is 31.0 Å². The number of carbonyl (C=O) groups is 1. The van der Waals surface area contributed by atoms with E-state index < -0.39 is 40.9 Å². The van der Waals surface area contributed by atoms with Gasteiger partial charge in [-0.05, 0) is 17.7 Å². The van der Waals surface area contributed by atoms with Crippen molar-refractivity contribution in [3.63, 3.8) is 0 Å². The number of pyridine rings is 1. The molecule has 0 saturated carbocycles. The molecule has 3 aromatic rings. The number of morpholine rings is 1. The zero-order valence-electron chi connectivity index (χ0n) is 19.6. The number of thioether (sulfide) groups is 1. The van der Waals surface area contributed by atoms with Crippen LogP contribution in [0, 0.1) is 11.6 Å². The SMILES string of the molecule is O=C1c2c(O)c(=O)ccn2N([C@@H]2c3ccc(F)c(F)c3CN3CCSc4cccc2c43)[C@@H]2COCCN12. The first kappa shape index (κ1) is 22.6. The Bertz CT molecular complexity index is 1530. The van der Waals surface area contributed by atoms with E-state index in [0.717, 1.165) is 28.0 Å². The second kappa shape index (κ2) is 8.22. The van der Waals surface area contributed by atoms with Gasteiger partial charge in [-0.3, -0.25) is 19.3 Å². The molecule has 4 aliphatic rings. The van der Waals surface area contributed by atoms with Gasteiger partial charge in [0.25, 0.3) is 5.91 Å². The molecule has 5 heterocycles. The van der Waals surface area contributed by atoms with Crippen molar-refractivity contribution in [1.82, 2.24) is 9.58 Å². The molecule has 4 aliphatic heterocycles. The van der Waals surface area contributed by atoms with E-state index in [0.29, 0.717) is 18.7 Å². The zero-order valence-corrected chi connectivity index (χ0v) is 20.4. The highest BCUT2D eigenvalue weighted by Gasteiger charge is 2.47. The molecule has 0 bridgehead atoms. The van der Waals surface area contributed by atoms with Gasteiger partial charge in [-0.1, -0.05) is 18.2 Å². The lowest BCUT2D eigenvalue weighted by molar-refractivity contribution is -0.0197. The fourth-order valence-corrected chi connectivity index (χ4v) is 7.04. The number of aromatic nitrogens is 1. The van der Waals surface area contributed by atoms with E-state index in [4.69, 9.17) is 4.74 Å². The van der Waals surface area contributed by atoms with E-state index in [1.165, 1.54) is 16.9 Å². The Balaban J connectivity index is 1.56. The van der Waals surface area contributed by atoms with Crippen LogP contribution in [0.1, 0.15) is 33.2 Å². The van der Waals surface area contributed by atoms with Crippen LogP contribution in [-0.2, 0) is 11.3 Å². The van der Waals surface area contributed by atoms with Crippen LogP contribution in [0.4, 0.5) is 14.5 Å². The van der Waals surface area contributed by atoms with Gasteiger partial charge in [0.2, 0.25) is 5.43 Å². The van der Waals surface area contributed by atoms with Crippen molar-refractivity contribution in [3.05, 3.63) is 86.8 Å². The topological polar surface area (TPSA) is 78.2 Å². The lowest BCUT2D eigenvalue weighted by Gasteiger charge is -2.51. The highest BCUT2D eigenvalue weighted by Crippen LogP contribution is 2.48. The normalized spacial score (nSPS) is 22.1. The molecule has 7 rings (SSSR count). The average molecular weight is 525 g/mol. The number of para-hydroxylation sites is 1. The Morgan fingerprint density at radius 1 is 1.05 bits per heavy atom. The number of halogens is 2. The molecule has 0 unspecified atom stereocenters. The molecule has 1 saturated heterocycles. The summed E-state index contributed by atoms with van der Waals surface area (Å²) >= 11 is 1.71. The second-order valence-corrected chi connectivity index (χ2v) is 10.6. The molecule has 8 nitrogen and oxygen atoms in total. The standard InChI is InChI=1S/C26H22F2N4O4S/c27-17-5-4-14-16(21(17)28)12-29-9-11-37-19-3-1-2-15(23(19)29)22(14)32-20-13-36-10-8-30(20)26(35)24-25(34)18(33)6-7-31(24)32/h1-7,20,22,34H,8-13H2/t20-,22-/m1/s1. The predicted octanol–water partition coefficient (Wildman–Crippen LogP) is 2.80. The number of amides is 1. The number of ether oxygens (including phenoxy) is 1. The Labute approximate surface area is 214 Å². The van der Waals surface area contributed by atoms with E-state index in [1.54, 1.807) is 22.7 Å². The maximum atomic E-state index is 15.5. The summed E-state index contributed by atoms with van der Waals surface area (Å²) in [4.78, 5) is 30.5. The summed E-state index contributed by atoms with van der Waals surface area (Å²) < 4.78 is 37.3. The van der Waals surface area contributed by atoms with E-state index in [9.17, 15) is 19.1 Å². The highest BCUT2D eigenvalue weighted by molar-refractivity contribution is 7.99. The maximum absolute atomic E-state index is 15.5. The van der Waals surface area contributed by atoms with Crippen molar-refractivity contribution in [2.24, 2.45) is 0 Å². The molecular formula is C26H22F2N4O4S. The van der Waals surface area contributed by atoms with E-state index in [2.05, 4.69) is 4.90 Å². The van der Waals surface area contributed by atoms with Gasteiger partial charge in [0.15, 0.2) is 23.1 Å². The van der Waals surface area contributed by atoms with Crippen LogP contribution in [0.5, 0.6) is 5.75 Å². The van der Waals surface area contributed by atoms with E-state index >= 15 is 4.39 Å². The number of nitrogens with zero attached hydrogens (tertiary/aromatic N) is 4. The molecule has 11 heteroatoms. The largest absolute Gasteiger partial charge is 0.502 e. The monoisotopic (exact) mass is 524 g/mol. The average Bonchev–Trinajstić information content (AvgIpc) is 3.05. The minimum atomic E-state index is -0.923. The van der Waals surface area contributed by atoms with Crippen molar-refractivity contribution >= 4 is 23.4 Å². The molecule has 2 atom stereocenters. The van der Waals surface area contributed by atoms with Gasteiger partial charge in [-0.2, -0.15) is 0 Å². The molecule has 0 aliphatic carbocycles. The first-order valence-electron chi connectivity index (χ1n) is 12.0. The highest BCUT2D eigenvalue weighted by atomic mass is 32.2. The number of rotatable bonds is 1. The third-order valence-electron chi connectivity index (χ3n) is 7.57. The minimum Gasteiger partial charge on any atom is -0.502 e. The van der Waals surface area contributed by atoms with Crippen LogP contribution in [0.25, 0.3) is 0 Å². The summed E-state index contributed by atoms with van der Waals surface area (Å²) in [6, 6.07) is 9.17. The van der Waals surface area contributed by atoms with E-state index in [1.807, 2.05) is 23.2 Å². The summed E-state index contributed by atoms with van der Waals surface area (Å²) in [5, 5.41) is 12.6. The smallest absolute Gasteiger partial charge is 0.278 e. The van der Waals surface area contributed by atoms with Crippen LogP contribution in [-0.4, -0.2) is 58.8 Å². The van der Waals surface area contributed by atoms with Gasteiger partial charge in [-0.25, -0.2) is 8.78 Å². The molecule has 190 valence electrons. The minimum absolute atomic E-state index is 0.157. The van der Waals surface area contributed by atoms with Crippen LogP contribution >= 0.6 is 11.8 Å². The van der Waals surface area contributed by atoms with Gasteiger partial charge < -0.3 is 19.6 Å². The summed E-state index contributed by atoms with van der Waals surface area (Å²) in [5.74, 6) is -2.13. The molecule has 0 spiro atoms. The lowest BCUT2D eigenvalue weighted by Crippen LogP contribution is -2.66. The van der Waals surface area contributed by atoms with Crippen LogP contribution in [0.15, 0.2) is 52.3 Å². The third kappa shape index (κ3) is 3.16. The first-order valence-corrected chi connectivity index (χ1v) is 13.0. The predicted molar refractivity (Wildman–Crippen MR) is 133 cm³/mol. The number of carbonyl (C=O) groups excluding carboxylic acids is 1. The Kier molecular flexibility index (Phi) is 5.02. The van der Waals surface area contributed by atoms with Crippen molar-refractivity contribution in [2.75, 3.05) is 42.0 Å². The van der Waals surface area contributed by atoms with Crippen molar-refractivity contribution < 1.29 is 23.4 Å². The molecule has 1 aromatic heterocycles. The van der Waals surface area contributed by atoms with Gasteiger partial charge in [-0.15, -0.1) is 11.8 Å². The molecule has 37 heavy (non-hydrogen) atoms. The van der Waals surface area contributed by atoms with Gasteiger partial charge in [0.1, 0.15) is 12.2 Å². The number of benzene rings is 2. The Morgan fingerprint density at radius 2 is 1.92 bits per heavy atom. The summed E-state index contributed by atoms with van der Waals surface area (Å²) in [7, 11) is 0. The number of aromatic hydroxyl groups is 1. The van der Waals surface area contributed by atoms with Crippen molar-refractivity contribution in [2.45, 2.75) is 23.6 Å². The van der Waals surface area contributed by atoms with Crippen LogP contribution in [0.3, 0.4) is 0 Å². The fourth-order valence-electron chi connectivity index (χ4n) is 5.95. The van der Waals surface area contributed by atoms with Gasteiger partial charge in [0.05, 0.1) is 18.9 Å². The molecule has 1 N–H and O–H groups in total. The first-order chi connectivity index (χ1) is 18.0.